The minimum atomic E-state index is -0.434. The number of aliphatic hydroxyl groups is 1. The van der Waals surface area contributed by atoms with Gasteiger partial charge in [0.2, 0.25) is 0 Å². The molecule has 1 N–H and O–H groups in total. The van der Waals surface area contributed by atoms with Gasteiger partial charge in [0, 0.05) is 10.6 Å². The molecule has 2 aromatic rings. The molecule has 1 atom stereocenters. The van der Waals surface area contributed by atoms with Crippen molar-refractivity contribution in [3.05, 3.63) is 59.7 Å². The summed E-state index contributed by atoms with van der Waals surface area (Å²) >= 11 is 1.79. The molecule has 3 heteroatoms. The second kappa shape index (κ2) is 7.36. The summed E-state index contributed by atoms with van der Waals surface area (Å²) in [7, 11) is 0. The highest BCUT2D eigenvalue weighted by Crippen LogP contribution is 2.23. The Kier molecular flexibility index (Phi) is 5.50. The Hall–Kier alpha value is -1.45. The molecule has 0 bridgehead atoms. The third kappa shape index (κ3) is 4.29. The molecule has 0 unspecified atom stereocenters. The second-order valence-electron chi connectivity index (χ2n) is 4.71. The van der Waals surface area contributed by atoms with E-state index >= 15 is 0 Å². The second-order valence-corrected chi connectivity index (χ2v) is 5.88. The van der Waals surface area contributed by atoms with E-state index in [1.54, 1.807) is 18.7 Å². The molecule has 2 aromatic carbocycles. The third-order valence-electron chi connectivity index (χ3n) is 3.03. The Morgan fingerprint density at radius 2 is 1.90 bits per heavy atom. The minimum absolute atomic E-state index is 0.434. The van der Waals surface area contributed by atoms with Crippen LogP contribution in [-0.2, 0) is 0 Å². The number of rotatable bonds is 6. The van der Waals surface area contributed by atoms with Gasteiger partial charge in [-0.15, -0.1) is 11.8 Å². The van der Waals surface area contributed by atoms with Gasteiger partial charge < -0.3 is 9.84 Å². The third-order valence-corrected chi connectivity index (χ3v) is 4.01. The molecule has 0 saturated heterocycles. The summed E-state index contributed by atoms with van der Waals surface area (Å²) in [6, 6.07) is 16.1. The van der Waals surface area contributed by atoms with Gasteiger partial charge in [-0.05, 0) is 49.2 Å². The van der Waals surface area contributed by atoms with Crippen LogP contribution in [-0.4, -0.2) is 17.5 Å². The zero-order valence-corrected chi connectivity index (χ0v) is 12.7. The highest BCUT2D eigenvalue weighted by molar-refractivity contribution is 7.99. The predicted octanol–water partition coefficient (Wildman–Crippen LogP) is 4.22. The van der Waals surface area contributed by atoms with Crippen LogP contribution in [0.2, 0.25) is 0 Å². The van der Waals surface area contributed by atoms with Gasteiger partial charge in [-0.25, -0.2) is 0 Å². The number of benzene rings is 2. The maximum Gasteiger partial charge on any atom is 0.122 e. The number of aliphatic hydroxyl groups excluding tert-OH is 1. The van der Waals surface area contributed by atoms with Crippen LogP contribution < -0.4 is 4.74 Å². The maximum absolute atomic E-state index is 9.54. The summed E-state index contributed by atoms with van der Waals surface area (Å²) in [6.45, 7) is 4.45. The first-order valence-corrected chi connectivity index (χ1v) is 7.74. The maximum atomic E-state index is 9.54. The lowest BCUT2D eigenvalue weighted by Gasteiger charge is -2.12. The van der Waals surface area contributed by atoms with Crippen molar-refractivity contribution in [2.45, 2.75) is 24.8 Å². The Morgan fingerprint density at radius 3 is 2.55 bits per heavy atom. The van der Waals surface area contributed by atoms with Crippen molar-refractivity contribution in [3.8, 4) is 5.75 Å². The lowest BCUT2D eigenvalue weighted by molar-refractivity contribution is 0.199. The van der Waals surface area contributed by atoms with Crippen LogP contribution in [0, 0.1) is 6.92 Å². The van der Waals surface area contributed by atoms with E-state index in [0.717, 1.165) is 22.6 Å². The Morgan fingerprint density at radius 1 is 1.15 bits per heavy atom. The van der Waals surface area contributed by atoms with E-state index in [1.807, 2.05) is 43.3 Å². The quantitative estimate of drug-likeness (QED) is 0.637. The van der Waals surface area contributed by atoms with E-state index in [1.165, 1.54) is 4.90 Å². The number of hydrogen-bond acceptors (Lipinski definition) is 3. The molecule has 0 aliphatic heterocycles. The molecule has 2 rings (SSSR count). The molecule has 0 fully saturated rings. The molecule has 0 amide bonds. The SMILES string of the molecule is Cc1cc([C@H](C)O)ccc1OCCSc1ccccc1. The molecule has 0 aromatic heterocycles. The average Bonchev–Trinajstić information content (AvgIpc) is 2.46. The number of hydrogen-bond donors (Lipinski definition) is 1. The summed E-state index contributed by atoms with van der Waals surface area (Å²) in [5.74, 6) is 1.81. The molecule has 106 valence electrons. The summed E-state index contributed by atoms with van der Waals surface area (Å²) in [5, 5.41) is 9.54. The lowest BCUT2D eigenvalue weighted by Crippen LogP contribution is -2.02. The van der Waals surface area contributed by atoms with Crippen LogP contribution in [0.1, 0.15) is 24.2 Å². The van der Waals surface area contributed by atoms with Crippen LogP contribution in [0.15, 0.2) is 53.4 Å². The van der Waals surface area contributed by atoms with Crippen molar-refractivity contribution in [1.29, 1.82) is 0 Å². The topological polar surface area (TPSA) is 29.5 Å². The molecule has 0 aliphatic rings. The molecule has 2 nitrogen and oxygen atoms in total. The van der Waals surface area contributed by atoms with Crippen LogP contribution in [0.25, 0.3) is 0 Å². The fraction of sp³-hybridized carbons (Fsp3) is 0.294. The van der Waals surface area contributed by atoms with Crippen molar-refractivity contribution >= 4 is 11.8 Å². The standard InChI is InChI=1S/C17H20O2S/c1-13-12-15(14(2)18)8-9-17(13)19-10-11-20-16-6-4-3-5-7-16/h3-9,12,14,18H,10-11H2,1-2H3/t14-/m0/s1. The molecule has 0 spiro atoms. The first kappa shape index (κ1) is 14.9. The van der Waals surface area contributed by atoms with Gasteiger partial charge >= 0.3 is 0 Å². The first-order valence-electron chi connectivity index (χ1n) is 6.76. The van der Waals surface area contributed by atoms with Crippen molar-refractivity contribution in [3.63, 3.8) is 0 Å². The van der Waals surface area contributed by atoms with E-state index in [9.17, 15) is 5.11 Å². The number of aryl methyl sites for hydroxylation is 1. The van der Waals surface area contributed by atoms with Crippen LogP contribution >= 0.6 is 11.8 Å². The van der Waals surface area contributed by atoms with Crippen LogP contribution in [0.3, 0.4) is 0 Å². The van der Waals surface area contributed by atoms with Gasteiger partial charge in [0.1, 0.15) is 5.75 Å². The Bertz CT molecular complexity index is 538. The molecule has 0 heterocycles. The van der Waals surface area contributed by atoms with E-state index in [4.69, 9.17) is 4.74 Å². The monoisotopic (exact) mass is 288 g/mol. The fourth-order valence-corrected chi connectivity index (χ4v) is 2.67. The van der Waals surface area contributed by atoms with Gasteiger partial charge in [0.15, 0.2) is 0 Å². The normalized spacial score (nSPS) is 12.2. The smallest absolute Gasteiger partial charge is 0.122 e. The van der Waals surface area contributed by atoms with Gasteiger partial charge in [-0.2, -0.15) is 0 Å². The van der Waals surface area contributed by atoms with E-state index < -0.39 is 6.10 Å². The molecular formula is C17H20O2S. The van der Waals surface area contributed by atoms with Crippen molar-refractivity contribution in [1.82, 2.24) is 0 Å². The number of ether oxygens (including phenoxy) is 1. The van der Waals surface area contributed by atoms with Crippen molar-refractivity contribution in [2.75, 3.05) is 12.4 Å². The lowest BCUT2D eigenvalue weighted by atomic mass is 10.1. The average molecular weight is 288 g/mol. The Balaban J connectivity index is 1.82. The van der Waals surface area contributed by atoms with E-state index in [-0.39, 0.29) is 0 Å². The van der Waals surface area contributed by atoms with E-state index in [0.29, 0.717) is 6.61 Å². The highest BCUT2D eigenvalue weighted by atomic mass is 32.2. The highest BCUT2D eigenvalue weighted by Gasteiger charge is 2.05. The predicted molar refractivity (Wildman–Crippen MR) is 84.5 cm³/mol. The van der Waals surface area contributed by atoms with Crippen LogP contribution in [0.4, 0.5) is 0 Å². The van der Waals surface area contributed by atoms with Crippen molar-refractivity contribution < 1.29 is 9.84 Å². The first-order chi connectivity index (χ1) is 9.66. The zero-order chi connectivity index (χ0) is 14.4. The zero-order valence-electron chi connectivity index (χ0n) is 11.9. The molecule has 20 heavy (non-hydrogen) atoms. The van der Waals surface area contributed by atoms with Gasteiger partial charge in [0.05, 0.1) is 12.7 Å². The largest absolute Gasteiger partial charge is 0.492 e. The molecule has 0 aliphatic carbocycles. The summed E-state index contributed by atoms with van der Waals surface area (Å²) in [6.07, 6.45) is -0.434. The van der Waals surface area contributed by atoms with Crippen molar-refractivity contribution in [2.24, 2.45) is 0 Å². The van der Waals surface area contributed by atoms with Gasteiger partial charge in [0.25, 0.3) is 0 Å². The summed E-state index contributed by atoms with van der Waals surface area (Å²) in [4.78, 5) is 1.26. The Labute approximate surface area is 124 Å². The minimum Gasteiger partial charge on any atom is -0.492 e. The van der Waals surface area contributed by atoms with Crippen LogP contribution in [0.5, 0.6) is 5.75 Å². The summed E-state index contributed by atoms with van der Waals surface area (Å²) < 4.78 is 5.79. The fourth-order valence-electron chi connectivity index (χ4n) is 1.92. The van der Waals surface area contributed by atoms with Gasteiger partial charge in [-0.3, -0.25) is 0 Å². The van der Waals surface area contributed by atoms with E-state index in [2.05, 4.69) is 12.1 Å². The summed E-state index contributed by atoms with van der Waals surface area (Å²) in [5.41, 5.74) is 1.99. The molecular weight excluding hydrogens is 268 g/mol. The number of thioether (sulfide) groups is 1. The van der Waals surface area contributed by atoms with Gasteiger partial charge in [-0.1, -0.05) is 24.3 Å². The molecule has 0 radical (unpaired) electrons. The molecule has 0 saturated carbocycles.